The molecule has 50 valence electrons. The Morgan fingerprint density at radius 3 is 2.78 bits per heavy atom. The van der Waals surface area contributed by atoms with Gasteiger partial charge in [0.05, 0.1) is 6.04 Å². The highest BCUT2D eigenvalue weighted by molar-refractivity contribution is 5.86. The molecule has 0 rings (SSSR count). The maximum Gasteiger partial charge on any atom is 0.381 e. The van der Waals surface area contributed by atoms with Crippen LogP contribution in [0.25, 0.3) is 0 Å². The molecule has 0 fully saturated rings. The van der Waals surface area contributed by atoms with Crippen molar-refractivity contribution in [3.63, 3.8) is 0 Å². The zero-order valence-electron chi connectivity index (χ0n) is 5.22. The van der Waals surface area contributed by atoms with Crippen molar-refractivity contribution in [1.82, 2.24) is 0 Å². The SMILES string of the molecule is CCC(N)C#CC(=O)O. The molecule has 9 heavy (non-hydrogen) atoms. The Labute approximate surface area is 53.9 Å². The van der Waals surface area contributed by atoms with E-state index in [1.54, 1.807) is 0 Å². The van der Waals surface area contributed by atoms with Gasteiger partial charge in [-0.05, 0) is 6.42 Å². The first-order valence-corrected chi connectivity index (χ1v) is 2.67. The van der Waals surface area contributed by atoms with Gasteiger partial charge >= 0.3 is 5.97 Å². The second-order valence-corrected chi connectivity index (χ2v) is 1.59. The molecule has 0 saturated heterocycles. The molecule has 0 saturated carbocycles. The molecule has 3 N–H and O–H groups in total. The number of hydrogen-bond acceptors (Lipinski definition) is 2. The van der Waals surface area contributed by atoms with Gasteiger partial charge in [-0.3, -0.25) is 0 Å². The van der Waals surface area contributed by atoms with Gasteiger partial charge in [-0.15, -0.1) is 0 Å². The fraction of sp³-hybridized carbons (Fsp3) is 0.500. The highest BCUT2D eigenvalue weighted by Crippen LogP contribution is 1.80. The van der Waals surface area contributed by atoms with E-state index in [4.69, 9.17) is 10.8 Å². The summed E-state index contributed by atoms with van der Waals surface area (Å²) in [7, 11) is 0. The van der Waals surface area contributed by atoms with Gasteiger partial charge in [0.25, 0.3) is 0 Å². The molecule has 1 atom stereocenters. The summed E-state index contributed by atoms with van der Waals surface area (Å²) in [5.74, 6) is 3.17. The summed E-state index contributed by atoms with van der Waals surface area (Å²) in [6, 6.07) is -0.305. The van der Waals surface area contributed by atoms with Crippen molar-refractivity contribution in [1.29, 1.82) is 0 Å². The average Bonchev–Trinajstić information content (AvgIpc) is 1.83. The van der Waals surface area contributed by atoms with Gasteiger partial charge < -0.3 is 10.8 Å². The highest BCUT2D eigenvalue weighted by Gasteiger charge is 1.90. The van der Waals surface area contributed by atoms with Gasteiger partial charge in [0, 0.05) is 5.92 Å². The fourth-order valence-corrected chi connectivity index (χ4v) is 0.256. The zero-order chi connectivity index (χ0) is 7.28. The second-order valence-electron chi connectivity index (χ2n) is 1.59. The predicted molar refractivity (Wildman–Crippen MR) is 33.7 cm³/mol. The minimum atomic E-state index is -1.13. The molecular weight excluding hydrogens is 118 g/mol. The molecule has 0 radical (unpaired) electrons. The summed E-state index contributed by atoms with van der Waals surface area (Å²) < 4.78 is 0. The first-order valence-electron chi connectivity index (χ1n) is 2.67. The maximum atomic E-state index is 9.79. The number of hydrogen-bond donors (Lipinski definition) is 2. The summed E-state index contributed by atoms with van der Waals surface area (Å²) in [6.45, 7) is 1.85. The van der Waals surface area contributed by atoms with Crippen LogP contribution in [-0.2, 0) is 4.79 Å². The molecule has 0 aromatic rings. The largest absolute Gasteiger partial charge is 0.472 e. The van der Waals surface area contributed by atoms with Crippen LogP contribution in [0.1, 0.15) is 13.3 Å². The second kappa shape index (κ2) is 3.93. The smallest absolute Gasteiger partial charge is 0.381 e. The molecule has 0 aliphatic carbocycles. The predicted octanol–water partition coefficient (Wildman–Crippen LogP) is -0.188. The summed E-state index contributed by atoms with van der Waals surface area (Å²) in [5, 5.41) is 8.03. The Hall–Kier alpha value is -1.01. The third-order valence-electron chi connectivity index (χ3n) is 0.804. The lowest BCUT2D eigenvalue weighted by molar-refractivity contribution is -0.130. The van der Waals surface area contributed by atoms with Gasteiger partial charge in [0.1, 0.15) is 0 Å². The number of carboxylic acids is 1. The van der Waals surface area contributed by atoms with E-state index in [0.717, 1.165) is 0 Å². The molecule has 3 nitrogen and oxygen atoms in total. The van der Waals surface area contributed by atoms with Crippen LogP contribution >= 0.6 is 0 Å². The van der Waals surface area contributed by atoms with Crippen LogP contribution in [0.4, 0.5) is 0 Å². The van der Waals surface area contributed by atoms with Crippen molar-refractivity contribution in [2.24, 2.45) is 5.73 Å². The molecule has 0 aliphatic heterocycles. The lowest BCUT2D eigenvalue weighted by atomic mass is 10.2. The van der Waals surface area contributed by atoms with E-state index in [1.165, 1.54) is 0 Å². The monoisotopic (exact) mass is 127 g/mol. The van der Waals surface area contributed by atoms with Crippen LogP contribution in [0, 0.1) is 11.8 Å². The van der Waals surface area contributed by atoms with Gasteiger partial charge in [-0.25, -0.2) is 4.79 Å². The van der Waals surface area contributed by atoms with E-state index in [1.807, 2.05) is 12.8 Å². The lowest BCUT2D eigenvalue weighted by Crippen LogP contribution is -2.15. The van der Waals surface area contributed by atoms with Gasteiger partial charge in [-0.2, -0.15) is 0 Å². The summed E-state index contributed by atoms with van der Waals surface area (Å²) in [4.78, 5) is 9.79. The van der Waals surface area contributed by atoms with E-state index in [9.17, 15) is 4.79 Å². The van der Waals surface area contributed by atoms with Crippen LogP contribution < -0.4 is 5.73 Å². The van der Waals surface area contributed by atoms with Gasteiger partial charge in [0.15, 0.2) is 0 Å². The standard InChI is InChI=1S/C6H9NO2/c1-2-5(7)3-4-6(8)9/h5H,2,7H2,1H3,(H,8,9). The zero-order valence-corrected chi connectivity index (χ0v) is 5.22. The first kappa shape index (κ1) is 7.99. The van der Waals surface area contributed by atoms with Crippen molar-refractivity contribution in [3.05, 3.63) is 0 Å². The normalized spacial score (nSPS) is 11.3. The van der Waals surface area contributed by atoms with Crippen LogP contribution in [-0.4, -0.2) is 17.1 Å². The van der Waals surface area contributed by atoms with Crippen LogP contribution in [0.15, 0.2) is 0 Å². The molecule has 3 heteroatoms. The lowest BCUT2D eigenvalue weighted by Gasteiger charge is -1.93. The Bertz CT molecular complexity index is 154. The number of nitrogens with two attached hydrogens (primary N) is 1. The fourth-order valence-electron chi connectivity index (χ4n) is 0.256. The van der Waals surface area contributed by atoms with E-state index in [2.05, 4.69) is 5.92 Å². The summed E-state index contributed by atoms with van der Waals surface area (Å²) >= 11 is 0. The van der Waals surface area contributed by atoms with E-state index in [0.29, 0.717) is 6.42 Å². The summed E-state index contributed by atoms with van der Waals surface area (Å²) in [6.07, 6.45) is 0.681. The Kier molecular flexibility index (Phi) is 3.49. The van der Waals surface area contributed by atoms with E-state index < -0.39 is 5.97 Å². The quantitative estimate of drug-likeness (QED) is 0.480. The third kappa shape index (κ3) is 4.85. The Morgan fingerprint density at radius 1 is 1.89 bits per heavy atom. The number of aliphatic carboxylic acids is 1. The maximum absolute atomic E-state index is 9.79. The van der Waals surface area contributed by atoms with Crippen LogP contribution in [0.5, 0.6) is 0 Å². The molecule has 0 aliphatic rings. The molecule has 0 heterocycles. The van der Waals surface area contributed by atoms with Crippen molar-refractivity contribution < 1.29 is 9.90 Å². The van der Waals surface area contributed by atoms with E-state index in [-0.39, 0.29) is 6.04 Å². The highest BCUT2D eigenvalue weighted by atomic mass is 16.4. The molecule has 0 amide bonds. The molecular formula is C6H9NO2. The number of carbonyl (C=O) groups is 1. The molecule has 0 aromatic heterocycles. The van der Waals surface area contributed by atoms with E-state index >= 15 is 0 Å². The Balaban J connectivity index is 3.72. The topological polar surface area (TPSA) is 63.3 Å². The molecule has 0 spiro atoms. The van der Waals surface area contributed by atoms with Crippen molar-refractivity contribution in [3.8, 4) is 11.8 Å². The molecule has 0 bridgehead atoms. The van der Waals surface area contributed by atoms with Gasteiger partial charge in [0.2, 0.25) is 0 Å². The number of carboxylic acid groups (broad SMARTS) is 1. The van der Waals surface area contributed by atoms with Crippen molar-refractivity contribution in [2.75, 3.05) is 0 Å². The minimum Gasteiger partial charge on any atom is -0.472 e. The van der Waals surface area contributed by atoms with Crippen LogP contribution in [0.3, 0.4) is 0 Å². The molecule has 0 aromatic carbocycles. The average molecular weight is 127 g/mol. The Morgan fingerprint density at radius 2 is 2.44 bits per heavy atom. The van der Waals surface area contributed by atoms with Crippen molar-refractivity contribution in [2.45, 2.75) is 19.4 Å². The third-order valence-corrected chi connectivity index (χ3v) is 0.804. The first-order chi connectivity index (χ1) is 4.16. The van der Waals surface area contributed by atoms with Gasteiger partial charge in [-0.1, -0.05) is 12.8 Å². The molecule has 1 unspecified atom stereocenters. The number of rotatable bonds is 1. The van der Waals surface area contributed by atoms with Crippen LogP contribution in [0.2, 0.25) is 0 Å². The minimum absolute atomic E-state index is 0.305. The van der Waals surface area contributed by atoms with Crippen molar-refractivity contribution >= 4 is 5.97 Å². The summed E-state index contributed by atoms with van der Waals surface area (Å²) in [5.41, 5.74) is 5.28.